The Balaban J connectivity index is 2.11. The second-order valence-corrected chi connectivity index (χ2v) is 4.50. The van der Waals surface area contributed by atoms with Gasteiger partial charge in [-0.3, -0.25) is 0 Å². The SMILES string of the molecule is COC(=O)c1ncn(Cc2ccc(C(=O)O)s2)n1. The Bertz CT molecular complexity index is 589. The highest BCUT2D eigenvalue weighted by Gasteiger charge is 2.12. The first-order valence-electron chi connectivity index (χ1n) is 4.90. The van der Waals surface area contributed by atoms with Gasteiger partial charge in [-0.15, -0.1) is 16.4 Å². The highest BCUT2D eigenvalue weighted by molar-refractivity contribution is 7.13. The van der Waals surface area contributed by atoms with E-state index < -0.39 is 11.9 Å². The zero-order chi connectivity index (χ0) is 13.1. The topological polar surface area (TPSA) is 94.3 Å². The average molecular weight is 267 g/mol. The minimum Gasteiger partial charge on any atom is -0.477 e. The molecule has 0 atom stereocenters. The van der Waals surface area contributed by atoms with Crippen LogP contribution in [0.5, 0.6) is 0 Å². The molecule has 2 rings (SSSR count). The van der Waals surface area contributed by atoms with E-state index >= 15 is 0 Å². The van der Waals surface area contributed by atoms with E-state index in [9.17, 15) is 9.59 Å². The third-order valence-electron chi connectivity index (χ3n) is 2.09. The molecule has 0 aromatic carbocycles. The molecule has 18 heavy (non-hydrogen) atoms. The Morgan fingerprint density at radius 2 is 2.28 bits per heavy atom. The number of carboxylic acid groups (broad SMARTS) is 1. The van der Waals surface area contributed by atoms with Crippen LogP contribution in [0.3, 0.4) is 0 Å². The largest absolute Gasteiger partial charge is 0.477 e. The maximum atomic E-state index is 11.1. The monoisotopic (exact) mass is 267 g/mol. The van der Waals surface area contributed by atoms with Crippen LogP contribution in [0.4, 0.5) is 0 Å². The van der Waals surface area contributed by atoms with E-state index in [0.717, 1.165) is 16.2 Å². The van der Waals surface area contributed by atoms with E-state index in [1.54, 1.807) is 6.07 Å². The van der Waals surface area contributed by atoms with E-state index in [1.165, 1.54) is 24.2 Å². The van der Waals surface area contributed by atoms with Crippen LogP contribution in [0, 0.1) is 0 Å². The molecule has 2 aromatic rings. The summed E-state index contributed by atoms with van der Waals surface area (Å²) in [6, 6.07) is 3.23. The number of esters is 1. The fourth-order valence-electron chi connectivity index (χ4n) is 1.29. The van der Waals surface area contributed by atoms with Crippen molar-refractivity contribution in [3.8, 4) is 0 Å². The van der Waals surface area contributed by atoms with Crippen LogP contribution < -0.4 is 0 Å². The van der Waals surface area contributed by atoms with Crippen LogP contribution in [0.15, 0.2) is 18.5 Å². The van der Waals surface area contributed by atoms with Gasteiger partial charge in [0.05, 0.1) is 13.7 Å². The van der Waals surface area contributed by atoms with Gasteiger partial charge in [0.1, 0.15) is 11.2 Å². The standard InChI is InChI=1S/C10H9N3O4S/c1-17-10(16)8-11-5-13(12-8)4-6-2-3-7(18-6)9(14)15/h2-3,5H,4H2,1H3,(H,14,15). The summed E-state index contributed by atoms with van der Waals surface area (Å²) in [6.07, 6.45) is 1.40. The number of hydrogen-bond acceptors (Lipinski definition) is 6. The molecule has 0 saturated carbocycles. The number of aromatic carboxylic acids is 1. The van der Waals surface area contributed by atoms with Gasteiger partial charge < -0.3 is 9.84 Å². The molecule has 0 amide bonds. The number of carbonyl (C=O) groups excluding carboxylic acids is 1. The molecule has 0 aliphatic heterocycles. The second kappa shape index (κ2) is 4.96. The summed E-state index contributed by atoms with van der Waals surface area (Å²) in [5.41, 5.74) is 0. The molecule has 0 unspecified atom stereocenters. The lowest BCUT2D eigenvalue weighted by atomic mass is 10.4. The number of hydrogen-bond donors (Lipinski definition) is 1. The minimum atomic E-state index is -0.958. The Morgan fingerprint density at radius 3 is 2.89 bits per heavy atom. The van der Waals surface area contributed by atoms with Crippen molar-refractivity contribution in [3.05, 3.63) is 34.0 Å². The van der Waals surface area contributed by atoms with Crippen molar-refractivity contribution in [2.45, 2.75) is 6.54 Å². The number of carbonyl (C=O) groups is 2. The van der Waals surface area contributed by atoms with Crippen LogP contribution in [-0.2, 0) is 11.3 Å². The molecular formula is C10H9N3O4S. The van der Waals surface area contributed by atoms with Crippen LogP contribution in [0.2, 0.25) is 0 Å². The van der Waals surface area contributed by atoms with Crippen LogP contribution in [0.1, 0.15) is 25.2 Å². The summed E-state index contributed by atoms with van der Waals surface area (Å²) in [6.45, 7) is 0.363. The summed E-state index contributed by atoms with van der Waals surface area (Å²) in [7, 11) is 1.25. The second-order valence-electron chi connectivity index (χ2n) is 3.33. The Hall–Kier alpha value is -2.22. The van der Waals surface area contributed by atoms with Gasteiger partial charge in [0, 0.05) is 4.88 Å². The lowest BCUT2D eigenvalue weighted by molar-refractivity contribution is 0.0585. The summed E-state index contributed by atoms with van der Waals surface area (Å²) in [4.78, 5) is 26.7. The van der Waals surface area contributed by atoms with Crippen LogP contribution >= 0.6 is 11.3 Å². The molecule has 0 fully saturated rings. The lowest BCUT2D eigenvalue weighted by Gasteiger charge is -1.96. The van der Waals surface area contributed by atoms with Crippen molar-refractivity contribution >= 4 is 23.3 Å². The lowest BCUT2D eigenvalue weighted by Crippen LogP contribution is -2.06. The van der Waals surface area contributed by atoms with E-state index in [1.807, 2.05) is 0 Å². The fourth-order valence-corrected chi connectivity index (χ4v) is 2.13. The van der Waals surface area contributed by atoms with Crippen LogP contribution in [0.25, 0.3) is 0 Å². The zero-order valence-electron chi connectivity index (χ0n) is 9.36. The van der Waals surface area contributed by atoms with Gasteiger partial charge in [0.2, 0.25) is 0 Å². The molecule has 94 valence electrons. The summed E-state index contributed by atoms with van der Waals surface area (Å²) in [5.74, 6) is -1.58. The third-order valence-corrected chi connectivity index (χ3v) is 3.15. The van der Waals surface area contributed by atoms with Crippen molar-refractivity contribution in [2.24, 2.45) is 0 Å². The smallest absolute Gasteiger partial charge is 0.377 e. The molecule has 0 saturated heterocycles. The van der Waals surface area contributed by atoms with Crippen molar-refractivity contribution < 1.29 is 19.4 Å². The van der Waals surface area contributed by atoms with Gasteiger partial charge >= 0.3 is 11.9 Å². The van der Waals surface area contributed by atoms with Gasteiger partial charge in [0.25, 0.3) is 5.82 Å². The average Bonchev–Trinajstić information content (AvgIpc) is 2.98. The zero-order valence-corrected chi connectivity index (χ0v) is 10.2. The van der Waals surface area contributed by atoms with E-state index in [0.29, 0.717) is 6.54 Å². The molecule has 0 radical (unpaired) electrons. The molecule has 2 heterocycles. The molecule has 1 N–H and O–H groups in total. The number of thiophene rings is 1. The molecule has 7 nitrogen and oxygen atoms in total. The van der Waals surface area contributed by atoms with E-state index in [2.05, 4.69) is 14.8 Å². The molecule has 2 aromatic heterocycles. The highest BCUT2D eigenvalue weighted by atomic mass is 32.1. The molecular weight excluding hydrogens is 258 g/mol. The van der Waals surface area contributed by atoms with Crippen molar-refractivity contribution in [2.75, 3.05) is 7.11 Å². The fraction of sp³-hybridized carbons (Fsp3) is 0.200. The molecule has 0 aliphatic rings. The summed E-state index contributed by atoms with van der Waals surface area (Å²) in [5, 5.41) is 12.7. The van der Waals surface area contributed by atoms with Gasteiger partial charge in [0.15, 0.2) is 0 Å². The van der Waals surface area contributed by atoms with E-state index in [4.69, 9.17) is 5.11 Å². The third kappa shape index (κ3) is 2.54. The number of aromatic nitrogens is 3. The number of rotatable bonds is 4. The number of carboxylic acids is 1. The Labute approximate surface area is 106 Å². The first-order chi connectivity index (χ1) is 8.60. The normalized spacial score (nSPS) is 10.3. The van der Waals surface area contributed by atoms with Gasteiger partial charge in [-0.1, -0.05) is 0 Å². The first kappa shape index (κ1) is 12.2. The number of methoxy groups -OCH3 is 1. The van der Waals surface area contributed by atoms with Gasteiger partial charge in [-0.2, -0.15) is 0 Å². The number of ether oxygens (including phenoxy) is 1. The predicted octanol–water partition coefficient (Wildman–Crippen LogP) is 0.873. The quantitative estimate of drug-likeness (QED) is 0.826. The molecule has 0 aliphatic carbocycles. The maximum Gasteiger partial charge on any atom is 0.377 e. The summed E-state index contributed by atoms with van der Waals surface area (Å²) < 4.78 is 5.93. The van der Waals surface area contributed by atoms with Crippen molar-refractivity contribution in [1.82, 2.24) is 14.8 Å². The highest BCUT2D eigenvalue weighted by Crippen LogP contribution is 2.17. The number of nitrogens with zero attached hydrogens (tertiary/aromatic N) is 3. The first-order valence-corrected chi connectivity index (χ1v) is 5.71. The summed E-state index contributed by atoms with van der Waals surface area (Å²) >= 11 is 1.15. The maximum absolute atomic E-state index is 11.1. The predicted molar refractivity (Wildman–Crippen MR) is 61.7 cm³/mol. The Morgan fingerprint density at radius 1 is 1.50 bits per heavy atom. The van der Waals surface area contributed by atoms with Gasteiger partial charge in [-0.25, -0.2) is 19.3 Å². The molecule has 0 spiro atoms. The molecule has 8 heteroatoms. The minimum absolute atomic E-state index is 0.0208. The van der Waals surface area contributed by atoms with Crippen LogP contribution in [-0.4, -0.2) is 38.9 Å². The van der Waals surface area contributed by atoms with Gasteiger partial charge in [-0.05, 0) is 12.1 Å². The Kier molecular flexibility index (Phi) is 3.38. The van der Waals surface area contributed by atoms with E-state index in [-0.39, 0.29) is 10.7 Å². The molecule has 0 bridgehead atoms. The van der Waals surface area contributed by atoms with Crippen molar-refractivity contribution in [1.29, 1.82) is 0 Å². The van der Waals surface area contributed by atoms with Crippen molar-refractivity contribution in [3.63, 3.8) is 0 Å².